The first-order chi connectivity index (χ1) is 9.16. The zero-order valence-electron chi connectivity index (χ0n) is 12.0. The van der Waals surface area contributed by atoms with Gasteiger partial charge in [-0.05, 0) is 57.9 Å². The lowest BCUT2D eigenvalue weighted by molar-refractivity contribution is 0.0965. The summed E-state index contributed by atoms with van der Waals surface area (Å²) in [6, 6.07) is 4.56. The van der Waals surface area contributed by atoms with Crippen molar-refractivity contribution < 1.29 is 4.79 Å². The predicted octanol–water partition coefficient (Wildman–Crippen LogP) is 2.74. The molecule has 106 valence electrons. The van der Waals surface area contributed by atoms with E-state index in [1.54, 1.807) is 11.3 Å². The third-order valence-electron chi connectivity index (χ3n) is 3.89. The summed E-state index contributed by atoms with van der Waals surface area (Å²) in [4.78, 5) is 17.6. The Morgan fingerprint density at radius 3 is 3.05 bits per heavy atom. The van der Waals surface area contributed by atoms with Crippen LogP contribution in [0.4, 0.5) is 0 Å². The van der Waals surface area contributed by atoms with Gasteiger partial charge in [-0.2, -0.15) is 0 Å². The Morgan fingerprint density at radius 2 is 2.37 bits per heavy atom. The van der Waals surface area contributed by atoms with Crippen LogP contribution in [0.2, 0.25) is 0 Å². The van der Waals surface area contributed by atoms with E-state index >= 15 is 0 Å². The second kappa shape index (κ2) is 7.17. The van der Waals surface area contributed by atoms with Crippen LogP contribution in [-0.2, 0) is 0 Å². The molecule has 0 bridgehead atoms. The van der Waals surface area contributed by atoms with Crippen LogP contribution in [0, 0.1) is 0 Å². The number of carbonyl (C=O) groups excluding carboxylic acids is 1. The molecule has 0 amide bonds. The van der Waals surface area contributed by atoms with Crippen molar-refractivity contribution in [3.63, 3.8) is 0 Å². The molecule has 0 saturated carbocycles. The highest BCUT2D eigenvalue weighted by Gasteiger charge is 2.21. The van der Waals surface area contributed by atoms with Gasteiger partial charge in [0.2, 0.25) is 0 Å². The van der Waals surface area contributed by atoms with E-state index < -0.39 is 0 Å². The lowest BCUT2D eigenvalue weighted by atomic mass is 10.0. The third kappa shape index (κ3) is 4.41. The molecule has 0 radical (unpaired) electrons. The number of hydrogen-bond donors (Lipinski definition) is 0. The van der Waals surface area contributed by atoms with Crippen LogP contribution in [0.1, 0.15) is 35.4 Å². The zero-order valence-corrected chi connectivity index (χ0v) is 12.8. The first-order valence-corrected chi connectivity index (χ1v) is 8.00. The van der Waals surface area contributed by atoms with Crippen LogP contribution in [0.25, 0.3) is 0 Å². The minimum Gasteiger partial charge on any atom is -0.305 e. The van der Waals surface area contributed by atoms with Crippen LogP contribution in [0.15, 0.2) is 17.5 Å². The van der Waals surface area contributed by atoms with Crippen LogP contribution in [0.5, 0.6) is 0 Å². The summed E-state index contributed by atoms with van der Waals surface area (Å²) in [7, 11) is 4.32. The Morgan fingerprint density at radius 1 is 1.53 bits per heavy atom. The second-order valence-corrected chi connectivity index (χ2v) is 6.51. The number of piperidine rings is 1. The average molecular weight is 280 g/mol. The summed E-state index contributed by atoms with van der Waals surface area (Å²) in [5, 5.41) is 1.97. The van der Waals surface area contributed by atoms with Crippen molar-refractivity contribution in [2.24, 2.45) is 0 Å². The molecule has 1 aliphatic heterocycles. The molecule has 1 saturated heterocycles. The topological polar surface area (TPSA) is 23.6 Å². The van der Waals surface area contributed by atoms with Gasteiger partial charge in [-0.1, -0.05) is 6.07 Å². The molecule has 1 unspecified atom stereocenters. The van der Waals surface area contributed by atoms with E-state index in [9.17, 15) is 4.79 Å². The summed E-state index contributed by atoms with van der Waals surface area (Å²) in [5.74, 6) is 0.302. The lowest BCUT2D eigenvalue weighted by Crippen LogP contribution is -2.45. The van der Waals surface area contributed by atoms with Crippen molar-refractivity contribution in [3.8, 4) is 0 Å². The van der Waals surface area contributed by atoms with Gasteiger partial charge in [0.25, 0.3) is 0 Å². The standard InChI is InChI=1S/C15H24N2OS/c1-16(2)13-6-3-9-17(12-13)10-4-7-14(18)15-8-5-11-19-15/h5,8,11,13H,3-4,6-7,9-10,12H2,1-2H3. The summed E-state index contributed by atoms with van der Waals surface area (Å²) in [6.07, 6.45) is 4.25. The summed E-state index contributed by atoms with van der Waals surface area (Å²) < 4.78 is 0. The number of Topliss-reactive ketones (excluding diaryl/α,β-unsaturated/α-hetero) is 1. The van der Waals surface area contributed by atoms with Gasteiger partial charge in [0.1, 0.15) is 0 Å². The fourth-order valence-corrected chi connectivity index (χ4v) is 3.37. The van der Waals surface area contributed by atoms with Crippen LogP contribution < -0.4 is 0 Å². The number of likely N-dealkylation sites (tertiary alicyclic amines) is 1. The molecule has 0 spiro atoms. The lowest BCUT2D eigenvalue weighted by Gasteiger charge is -2.36. The number of likely N-dealkylation sites (N-methyl/N-ethyl adjacent to an activating group) is 1. The maximum Gasteiger partial charge on any atom is 0.172 e. The van der Waals surface area contributed by atoms with Crippen LogP contribution in [0.3, 0.4) is 0 Å². The smallest absolute Gasteiger partial charge is 0.172 e. The third-order valence-corrected chi connectivity index (χ3v) is 4.80. The Hall–Kier alpha value is -0.710. The average Bonchev–Trinajstić information content (AvgIpc) is 2.93. The molecule has 1 aromatic rings. The monoisotopic (exact) mass is 280 g/mol. The van der Waals surface area contributed by atoms with Crippen molar-refractivity contribution in [1.29, 1.82) is 0 Å². The highest BCUT2D eigenvalue weighted by atomic mass is 32.1. The van der Waals surface area contributed by atoms with E-state index in [4.69, 9.17) is 0 Å². The molecule has 19 heavy (non-hydrogen) atoms. The maximum absolute atomic E-state index is 11.9. The van der Waals surface area contributed by atoms with Crippen molar-refractivity contribution in [2.45, 2.75) is 31.7 Å². The van der Waals surface area contributed by atoms with Gasteiger partial charge in [0.05, 0.1) is 4.88 Å². The number of ketones is 1. The fraction of sp³-hybridized carbons (Fsp3) is 0.667. The van der Waals surface area contributed by atoms with E-state index in [0.717, 1.165) is 24.4 Å². The van der Waals surface area contributed by atoms with Crippen LogP contribution in [-0.4, -0.2) is 55.4 Å². The van der Waals surface area contributed by atoms with Crippen LogP contribution >= 0.6 is 11.3 Å². The van der Waals surface area contributed by atoms with Gasteiger partial charge in [0.15, 0.2) is 5.78 Å². The molecular weight excluding hydrogens is 256 g/mol. The summed E-state index contributed by atoms with van der Waals surface area (Å²) in [5.41, 5.74) is 0. The molecule has 2 rings (SSSR count). The molecule has 0 aromatic carbocycles. The Labute approximate surface area is 120 Å². The zero-order chi connectivity index (χ0) is 13.7. The summed E-state index contributed by atoms with van der Waals surface area (Å²) >= 11 is 1.55. The van der Waals surface area contributed by atoms with Gasteiger partial charge >= 0.3 is 0 Å². The maximum atomic E-state index is 11.9. The van der Waals surface area contributed by atoms with E-state index in [0.29, 0.717) is 18.2 Å². The molecule has 1 aromatic heterocycles. The molecule has 4 heteroatoms. The van der Waals surface area contributed by atoms with Crippen molar-refractivity contribution in [1.82, 2.24) is 9.80 Å². The Bertz CT molecular complexity index is 389. The predicted molar refractivity (Wildman–Crippen MR) is 81.0 cm³/mol. The SMILES string of the molecule is CN(C)C1CCCN(CCCC(=O)c2cccs2)C1. The quantitative estimate of drug-likeness (QED) is 0.749. The first kappa shape index (κ1) is 14.7. The highest BCUT2D eigenvalue weighted by Crippen LogP contribution is 2.16. The molecule has 0 N–H and O–H groups in total. The van der Waals surface area contributed by atoms with Gasteiger partial charge in [0, 0.05) is 19.0 Å². The largest absolute Gasteiger partial charge is 0.305 e. The fourth-order valence-electron chi connectivity index (χ4n) is 2.68. The summed E-state index contributed by atoms with van der Waals surface area (Å²) in [6.45, 7) is 3.40. The highest BCUT2D eigenvalue weighted by molar-refractivity contribution is 7.12. The molecule has 3 nitrogen and oxygen atoms in total. The minimum absolute atomic E-state index is 0.302. The van der Waals surface area contributed by atoms with Gasteiger partial charge in [-0.25, -0.2) is 0 Å². The molecule has 1 fully saturated rings. The first-order valence-electron chi connectivity index (χ1n) is 7.12. The number of nitrogens with zero attached hydrogens (tertiary/aromatic N) is 2. The number of thiophene rings is 1. The van der Waals surface area contributed by atoms with Crippen molar-refractivity contribution in [3.05, 3.63) is 22.4 Å². The molecular formula is C15H24N2OS. The van der Waals surface area contributed by atoms with E-state index in [1.165, 1.54) is 19.4 Å². The van der Waals surface area contributed by atoms with Gasteiger partial charge in [-0.3, -0.25) is 4.79 Å². The Balaban J connectivity index is 1.69. The molecule has 1 atom stereocenters. The minimum atomic E-state index is 0.302. The van der Waals surface area contributed by atoms with Crippen molar-refractivity contribution in [2.75, 3.05) is 33.7 Å². The van der Waals surface area contributed by atoms with Crippen molar-refractivity contribution >= 4 is 17.1 Å². The van der Waals surface area contributed by atoms with E-state index in [-0.39, 0.29) is 0 Å². The second-order valence-electron chi connectivity index (χ2n) is 5.56. The molecule has 0 aliphatic carbocycles. The van der Waals surface area contributed by atoms with Gasteiger partial charge < -0.3 is 9.80 Å². The van der Waals surface area contributed by atoms with Gasteiger partial charge in [-0.15, -0.1) is 11.3 Å². The molecule has 1 aliphatic rings. The molecule has 2 heterocycles. The normalized spacial score (nSPS) is 20.9. The number of hydrogen-bond acceptors (Lipinski definition) is 4. The van der Waals surface area contributed by atoms with E-state index in [2.05, 4.69) is 23.9 Å². The Kier molecular flexibility index (Phi) is 5.55. The van der Waals surface area contributed by atoms with E-state index in [1.807, 2.05) is 17.5 Å². The number of carbonyl (C=O) groups is 1. The number of rotatable bonds is 6.